The van der Waals surface area contributed by atoms with Gasteiger partial charge in [0.15, 0.2) is 15.3 Å². The van der Waals surface area contributed by atoms with Crippen LogP contribution < -0.4 is 0 Å². The van der Waals surface area contributed by atoms with Gasteiger partial charge in [0.05, 0.1) is 23.4 Å². The molecule has 1 aromatic carbocycles. The van der Waals surface area contributed by atoms with Crippen molar-refractivity contribution in [1.29, 1.82) is 0 Å². The van der Waals surface area contributed by atoms with E-state index in [1.165, 1.54) is 12.1 Å². The second-order valence-electron chi connectivity index (χ2n) is 7.46. The third-order valence-corrected chi connectivity index (χ3v) is 7.50. The Bertz CT molecular complexity index is 849. The molecule has 1 fully saturated rings. The Kier molecular flexibility index (Phi) is 6.38. The maximum atomic E-state index is 13.5. The molecule has 0 bridgehead atoms. The molecule has 0 amide bonds. The third kappa shape index (κ3) is 3.60. The van der Waals surface area contributed by atoms with Crippen molar-refractivity contribution in [2.45, 2.75) is 51.2 Å². The number of hydrogen-bond donors (Lipinski definition) is 0. The van der Waals surface area contributed by atoms with Crippen LogP contribution in [0.2, 0.25) is 0 Å². The van der Waals surface area contributed by atoms with Crippen molar-refractivity contribution in [3.8, 4) is 0 Å². The molecule has 7 heteroatoms. The van der Waals surface area contributed by atoms with Crippen LogP contribution in [0.4, 0.5) is 0 Å². The fraction of sp³-hybridized carbons (Fsp3) is 0.524. The summed E-state index contributed by atoms with van der Waals surface area (Å²) in [4.78, 5) is 25.7. The number of hydrogen-bond acceptors (Lipinski definition) is 6. The van der Waals surface area contributed by atoms with Crippen LogP contribution in [0.5, 0.6) is 0 Å². The first kappa shape index (κ1) is 22.1. The smallest absolute Gasteiger partial charge is 0.324 e. The van der Waals surface area contributed by atoms with E-state index in [-0.39, 0.29) is 24.5 Å². The Labute approximate surface area is 166 Å². The molecule has 28 heavy (non-hydrogen) atoms. The number of carbonyl (C=O) groups is 2. The summed E-state index contributed by atoms with van der Waals surface area (Å²) in [5, 5.41) is -1.07. The highest BCUT2D eigenvalue weighted by Crippen LogP contribution is 2.69. The minimum atomic E-state index is -3.85. The zero-order valence-electron chi connectivity index (χ0n) is 17.0. The molecule has 0 radical (unpaired) electrons. The average molecular weight is 409 g/mol. The first-order valence-electron chi connectivity index (χ1n) is 9.36. The van der Waals surface area contributed by atoms with Crippen molar-refractivity contribution in [2.24, 2.45) is 10.8 Å². The molecule has 0 heterocycles. The predicted octanol–water partition coefficient (Wildman–Crippen LogP) is 3.32. The Hall–Kier alpha value is -2.15. The SMILES string of the molecule is CCOC(=O)C1(C(=O)OCC)CC1(C)C(C=C(C)C)S(=O)(=O)c1ccccc1. The molecule has 0 aliphatic heterocycles. The molecule has 6 nitrogen and oxygen atoms in total. The van der Waals surface area contributed by atoms with Gasteiger partial charge in [0.1, 0.15) is 0 Å². The summed E-state index contributed by atoms with van der Waals surface area (Å²) in [6, 6.07) is 8.05. The summed E-state index contributed by atoms with van der Waals surface area (Å²) in [6.07, 6.45) is 1.67. The summed E-state index contributed by atoms with van der Waals surface area (Å²) < 4.78 is 37.2. The van der Waals surface area contributed by atoms with Crippen LogP contribution in [-0.2, 0) is 28.9 Å². The van der Waals surface area contributed by atoms with Crippen LogP contribution in [0.25, 0.3) is 0 Å². The summed E-state index contributed by atoms with van der Waals surface area (Å²) in [7, 11) is -3.85. The van der Waals surface area contributed by atoms with Gasteiger partial charge in [0.2, 0.25) is 0 Å². The molecule has 2 unspecified atom stereocenters. The lowest BCUT2D eigenvalue weighted by Gasteiger charge is -2.26. The third-order valence-electron chi connectivity index (χ3n) is 5.25. The van der Waals surface area contributed by atoms with Gasteiger partial charge in [-0.1, -0.05) is 36.8 Å². The molecule has 1 aromatic rings. The standard InChI is InChI=1S/C21H28O6S/c1-6-26-18(22)21(19(23)27-7-2)14-20(21,5)17(13-15(3)4)28(24,25)16-11-9-8-10-12-16/h8-13,17H,6-7,14H2,1-5H3. The first-order chi connectivity index (χ1) is 13.1. The van der Waals surface area contributed by atoms with Gasteiger partial charge in [-0.25, -0.2) is 8.42 Å². The number of sulfone groups is 1. The predicted molar refractivity (Wildman–Crippen MR) is 105 cm³/mol. The van der Waals surface area contributed by atoms with Crippen molar-refractivity contribution >= 4 is 21.8 Å². The minimum Gasteiger partial charge on any atom is -0.465 e. The first-order valence-corrected chi connectivity index (χ1v) is 10.9. The number of esters is 2. The van der Waals surface area contributed by atoms with Crippen molar-refractivity contribution < 1.29 is 27.5 Å². The van der Waals surface area contributed by atoms with E-state index in [1.807, 2.05) is 0 Å². The van der Waals surface area contributed by atoms with Gasteiger partial charge in [0, 0.05) is 5.41 Å². The van der Waals surface area contributed by atoms with Crippen molar-refractivity contribution in [3.63, 3.8) is 0 Å². The highest BCUT2D eigenvalue weighted by atomic mass is 32.2. The molecule has 1 aliphatic carbocycles. The summed E-state index contributed by atoms with van der Waals surface area (Å²) >= 11 is 0. The van der Waals surface area contributed by atoms with E-state index in [4.69, 9.17) is 9.47 Å². The lowest BCUT2D eigenvalue weighted by Crippen LogP contribution is -2.41. The lowest BCUT2D eigenvalue weighted by molar-refractivity contribution is -0.166. The van der Waals surface area contributed by atoms with Crippen LogP contribution in [0, 0.1) is 10.8 Å². The fourth-order valence-electron chi connectivity index (χ4n) is 3.73. The van der Waals surface area contributed by atoms with Gasteiger partial charge in [0.25, 0.3) is 0 Å². The number of carbonyl (C=O) groups excluding carboxylic acids is 2. The molecule has 1 aliphatic rings. The lowest BCUT2D eigenvalue weighted by atomic mass is 9.90. The van der Waals surface area contributed by atoms with E-state index in [1.54, 1.807) is 58.9 Å². The maximum absolute atomic E-state index is 13.5. The zero-order valence-corrected chi connectivity index (χ0v) is 17.8. The number of rotatable bonds is 8. The maximum Gasteiger partial charge on any atom is 0.324 e. The van der Waals surface area contributed by atoms with Crippen LogP contribution in [0.3, 0.4) is 0 Å². The normalized spacial score (nSPS) is 21.3. The van der Waals surface area contributed by atoms with Crippen LogP contribution in [0.15, 0.2) is 46.9 Å². The molecule has 0 N–H and O–H groups in total. The topological polar surface area (TPSA) is 86.7 Å². The van der Waals surface area contributed by atoms with Crippen molar-refractivity contribution in [2.75, 3.05) is 13.2 Å². The van der Waals surface area contributed by atoms with E-state index in [0.29, 0.717) is 0 Å². The zero-order chi connectivity index (χ0) is 21.2. The molecule has 0 spiro atoms. The van der Waals surface area contributed by atoms with Crippen LogP contribution >= 0.6 is 0 Å². The number of allylic oxidation sites excluding steroid dienone is 1. The molecule has 0 saturated heterocycles. The Balaban J connectivity index is 2.62. The van der Waals surface area contributed by atoms with Gasteiger partial charge in [-0.2, -0.15) is 0 Å². The number of ether oxygens (including phenoxy) is 2. The number of benzene rings is 1. The van der Waals surface area contributed by atoms with E-state index < -0.39 is 37.9 Å². The van der Waals surface area contributed by atoms with Crippen molar-refractivity contribution in [1.82, 2.24) is 0 Å². The van der Waals surface area contributed by atoms with Gasteiger partial charge in [-0.3, -0.25) is 9.59 Å². The van der Waals surface area contributed by atoms with Gasteiger partial charge < -0.3 is 9.47 Å². The quantitative estimate of drug-likeness (QED) is 0.373. The van der Waals surface area contributed by atoms with Crippen LogP contribution in [0.1, 0.15) is 41.0 Å². The Morgan fingerprint density at radius 1 is 1.07 bits per heavy atom. The summed E-state index contributed by atoms with van der Waals surface area (Å²) in [5.74, 6) is -1.46. The summed E-state index contributed by atoms with van der Waals surface area (Å²) in [5.41, 5.74) is -2.02. The molecular formula is C21H28O6S. The minimum absolute atomic E-state index is 0.0537. The fourth-order valence-corrected chi connectivity index (χ4v) is 5.98. The molecule has 154 valence electrons. The molecule has 0 aromatic heterocycles. The van der Waals surface area contributed by atoms with E-state index in [0.717, 1.165) is 5.57 Å². The van der Waals surface area contributed by atoms with E-state index >= 15 is 0 Å². The molecule has 2 atom stereocenters. The van der Waals surface area contributed by atoms with Gasteiger partial charge >= 0.3 is 11.9 Å². The highest BCUT2D eigenvalue weighted by molar-refractivity contribution is 7.92. The second-order valence-corrected chi connectivity index (χ2v) is 9.53. The van der Waals surface area contributed by atoms with E-state index in [2.05, 4.69) is 0 Å². The van der Waals surface area contributed by atoms with Gasteiger partial charge in [-0.15, -0.1) is 0 Å². The van der Waals surface area contributed by atoms with Crippen molar-refractivity contribution in [3.05, 3.63) is 42.0 Å². The average Bonchev–Trinajstić information content (AvgIpc) is 3.29. The Morgan fingerprint density at radius 3 is 2.00 bits per heavy atom. The Morgan fingerprint density at radius 2 is 1.57 bits per heavy atom. The second kappa shape index (κ2) is 8.07. The van der Waals surface area contributed by atoms with Gasteiger partial charge in [-0.05, 0) is 46.2 Å². The van der Waals surface area contributed by atoms with Crippen LogP contribution in [-0.4, -0.2) is 38.8 Å². The molecule has 1 saturated carbocycles. The monoisotopic (exact) mass is 408 g/mol. The molecule has 2 rings (SSSR count). The highest BCUT2D eigenvalue weighted by Gasteiger charge is 2.80. The molecular weight excluding hydrogens is 380 g/mol. The van der Waals surface area contributed by atoms with E-state index in [9.17, 15) is 18.0 Å². The summed E-state index contributed by atoms with van der Waals surface area (Å²) in [6.45, 7) is 8.69. The largest absolute Gasteiger partial charge is 0.465 e.